The number of aromatic nitrogens is 2. The van der Waals surface area contributed by atoms with Crippen molar-refractivity contribution in [3.05, 3.63) is 65.2 Å². The van der Waals surface area contributed by atoms with Crippen LogP contribution < -0.4 is 9.64 Å². The third-order valence-corrected chi connectivity index (χ3v) is 5.69. The van der Waals surface area contributed by atoms with Crippen LogP contribution in [0.1, 0.15) is 12.0 Å². The van der Waals surface area contributed by atoms with E-state index in [0.29, 0.717) is 24.5 Å². The lowest BCUT2D eigenvalue weighted by Gasteiger charge is -2.34. The molecule has 1 saturated heterocycles. The Kier molecular flexibility index (Phi) is 6.23. The molecule has 6 nitrogen and oxygen atoms in total. The first-order valence-electron chi connectivity index (χ1n) is 10.1. The van der Waals surface area contributed by atoms with Crippen molar-refractivity contribution < 1.29 is 9.53 Å². The Morgan fingerprint density at radius 1 is 1.10 bits per heavy atom. The molecule has 3 aromatic rings. The van der Waals surface area contributed by atoms with Gasteiger partial charge in [0.25, 0.3) is 0 Å². The van der Waals surface area contributed by atoms with Crippen molar-refractivity contribution in [3.8, 4) is 17.0 Å². The summed E-state index contributed by atoms with van der Waals surface area (Å²) in [5.41, 5.74) is 3.12. The Morgan fingerprint density at radius 3 is 2.60 bits per heavy atom. The molecule has 1 aliphatic rings. The number of rotatable bonds is 6. The van der Waals surface area contributed by atoms with Crippen molar-refractivity contribution >= 4 is 23.3 Å². The monoisotopic (exact) mass is 424 g/mol. The van der Waals surface area contributed by atoms with Gasteiger partial charge in [-0.15, -0.1) is 0 Å². The molecule has 2 aromatic carbocycles. The van der Waals surface area contributed by atoms with Gasteiger partial charge in [0.05, 0.1) is 12.8 Å². The predicted octanol–water partition coefficient (Wildman–Crippen LogP) is 4.02. The van der Waals surface area contributed by atoms with Gasteiger partial charge in [-0.25, -0.2) is 0 Å². The number of methoxy groups -OCH3 is 1. The van der Waals surface area contributed by atoms with Crippen molar-refractivity contribution in [2.75, 3.05) is 38.2 Å². The third-order valence-electron chi connectivity index (χ3n) is 5.44. The molecule has 1 fully saturated rings. The van der Waals surface area contributed by atoms with Crippen molar-refractivity contribution in [3.63, 3.8) is 0 Å². The van der Waals surface area contributed by atoms with Gasteiger partial charge in [0.2, 0.25) is 5.91 Å². The molecule has 0 bridgehead atoms. The normalized spacial score (nSPS) is 14.1. The molecule has 2 heterocycles. The molecule has 30 heavy (non-hydrogen) atoms. The quantitative estimate of drug-likeness (QED) is 0.649. The smallest absolute Gasteiger partial charge is 0.223 e. The fraction of sp³-hybridized carbons (Fsp3) is 0.304. The summed E-state index contributed by atoms with van der Waals surface area (Å²) in [6.45, 7) is 2.96. The summed E-state index contributed by atoms with van der Waals surface area (Å²) < 4.78 is 5.25. The molecular weight excluding hydrogens is 400 g/mol. The van der Waals surface area contributed by atoms with Crippen LogP contribution in [0, 0.1) is 0 Å². The van der Waals surface area contributed by atoms with E-state index in [2.05, 4.69) is 15.1 Å². The molecule has 0 radical (unpaired) electrons. The zero-order valence-electron chi connectivity index (χ0n) is 17.0. The average molecular weight is 425 g/mol. The van der Waals surface area contributed by atoms with E-state index < -0.39 is 0 Å². The molecule has 0 unspecified atom stereocenters. The molecule has 1 N–H and O–H groups in total. The van der Waals surface area contributed by atoms with Gasteiger partial charge in [0.15, 0.2) is 5.82 Å². The highest BCUT2D eigenvalue weighted by molar-refractivity contribution is 6.30. The van der Waals surface area contributed by atoms with E-state index in [0.717, 1.165) is 47.9 Å². The number of anilines is 1. The number of nitrogens with zero attached hydrogens (tertiary/aromatic N) is 3. The first-order valence-corrected chi connectivity index (χ1v) is 10.5. The maximum Gasteiger partial charge on any atom is 0.223 e. The zero-order valence-corrected chi connectivity index (χ0v) is 17.7. The van der Waals surface area contributed by atoms with Crippen molar-refractivity contribution in [2.24, 2.45) is 0 Å². The minimum Gasteiger partial charge on any atom is -0.497 e. The number of hydrogen-bond acceptors (Lipinski definition) is 4. The van der Waals surface area contributed by atoms with Gasteiger partial charge in [0.1, 0.15) is 5.75 Å². The summed E-state index contributed by atoms with van der Waals surface area (Å²) in [5, 5.41) is 8.26. The topological polar surface area (TPSA) is 61.5 Å². The van der Waals surface area contributed by atoms with Crippen LogP contribution in [0.25, 0.3) is 11.3 Å². The molecule has 156 valence electrons. The lowest BCUT2D eigenvalue weighted by molar-refractivity contribution is -0.131. The largest absolute Gasteiger partial charge is 0.497 e. The second-order valence-electron chi connectivity index (χ2n) is 7.37. The maximum absolute atomic E-state index is 12.6. The van der Waals surface area contributed by atoms with E-state index in [4.69, 9.17) is 16.3 Å². The Balaban J connectivity index is 1.29. The molecule has 1 amide bonds. The van der Waals surface area contributed by atoms with Crippen molar-refractivity contribution in [1.82, 2.24) is 15.1 Å². The lowest BCUT2D eigenvalue weighted by atomic mass is 10.1. The molecule has 1 aromatic heterocycles. The van der Waals surface area contributed by atoms with Gasteiger partial charge >= 0.3 is 0 Å². The standard InChI is InChI=1S/C23H25ClN4O2/c1-30-20-4-2-3-17(15-20)5-10-23(29)28-13-11-27(12-14-28)22-16-21(25-26-22)18-6-8-19(24)9-7-18/h2-4,6-9,15-16H,5,10-14H2,1H3,(H,25,26). The number of piperazine rings is 1. The minimum absolute atomic E-state index is 0.196. The fourth-order valence-electron chi connectivity index (χ4n) is 3.67. The Bertz CT molecular complexity index is 994. The lowest BCUT2D eigenvalue weighted by Crippen LogP contribution is -2.49. The molecule has 0 atom stereocenters. The first-order chi connectivity index (χ1) is 14.6. The van der Waals surface area contributed by atoms with E-state index in [1.165, 1.54) is 0 Å². The van der Waals surface area contributed by atoms with Crippen molar-refractivity contribution in [1.29, 1.82) is 0 Å². The van der Waals surface area contributed by atoms with Gasteiger partial charge < -0.3 is 14.5 Å². The van der Waals surface area contributed by atoms with E-state index in [1.807, 2.05) is 59.5 Å². The van der Waals surface area contributed by atoms with Gasteiger partial charge in [-0.1, -0.05) is 35.9 Å². The molecule has 4 rings (SSSR count). The van der Waals surface area contributed by atoms with E-state index in [1.54, 1.807) is 7.11 Å². The van der Waals surface area contributed by atoms with Crippen LogP contribution in [0.4, 0.5) is 5.82 Å². The number of benzene rings is 2. The van der Waals surface area contributed by atoms with Gasteiger partial charge in [-0.05, 0) is 41.8 Å². The Morgan fingerprint density at radius 2 is 1.87 bits per heavy atom. The number of hydrogen-bond donors (Lipinski definition) is 1. The summed E-state index contributed by atoms with van der Waals surface area (Å²) in [6, 6.07) is 17.6. The Labute approximate surface area is 181 Å². The van der Waals surface area contributed by atoms with Crippen LogP contribution in [0.5, 0.6) is 5.75 Å². The first kappa shape index (κ1) is 20.3. The second-order valence-corrected chi connectivity index (χ2v) is 7.80. The van der Waals surface area contributed by atoms with Gasteiger partial charge in [-0.3, -0.25) is 9.89 Å². The van der Waals surface area contributed by atoms with E-state index >= 15 is 0 Å². The Hall–Kier alpha value is -2.99. The zero-order chi connectivity index (χ0) is 20.9. The molecule has 0 aliphatic carbocycles. The van der Waals surface area contributed by atoms with Crippen molar-refractivity contribution in [2.45, 2.75) is 12.8 Å². The van der Waals surface area contributed by atoms with E-state index in [9.17, 15) is 4.79 Å². The van der Waals surface area contributed by atoms with Crippen LogP contribution >= 0.6 is 11.6 Å². The highest BCUT2D eigenvalue weighted by atomic mass is 35.5. The summed E-state index contributed by atoms with van der Waals surface area (Å²) in [6.07, 6.45) is 1.23. The van der Waals surface area contributed by atoms with Crippen LogP contribution in [0.15, 0.2) is 54.6 Å². The number of aryl methyl sites for hydroxylation is 1. The fourth-order valence-corrected chi connectivity index (χ4v) is 3.80. The molecule has 1 aliphatic heterocycles. The highest BCUT2D eigenvalue weighted by Crippen LogP contribution is 2.24. The van der Waals surface area contributed by atoms with E-state index in [-0.39, 0.29) is 5.91 Å². The van der Waals surface area contributed by atoms with Crippen LogP contribution in [-0.2, 0) is 11.2 Å². The van der Waals surface area contributed by atoms with Gasteiger partial charge in [0, 0.05) is 43.7 Å². The average Bonchev–Trinajstić information content (AvgIpc) is 3.28. The second kappa shape index (κ2) is 9.22. The number of carbonyl (C=O) groups is 1. The third kappa shape index (κ3) is 4.76. The summed E-state index contributed by atoms with van der Waals surface area (Å²) in [7, 11) is 1.65. The maximum atomic E-state index is 12.6. The summed E-state index contributed by atoms with van der Waals surface area (Å²) >= 11 is 5.96. The van der Waals surface area contributed by atoms with Crippen LogP contribution in [0.2, 0.25) is 5.02 Å². The number of ether oxygens (including phenoxy) is 1. The summed E-state index contributed by atoms with van der Waals surface area (Å²) in [5.74, 6) is 1.93. The number of amides is 1. The SMILES string of the molecule is COc1cccc(CCC(=O)N2CCN(c3cc(-c4ccc(Cl)cc4)[nH]n3)CC2)c1. The molecule has 7 heteroatoms. The molecular formula is C23H25ClN4O2. The number of H-pyrrole nitrogens is 1. The molecule has 0 spiro atoms. The number of carbonyl (C=O) groups excluding carboxylic acids is 1. The number of halogens is 1. The predicted molar refractivity (Wildman–Crippen MR) is 119 cm³/mol. The molecule has 0 saturated carbocycles. The van der Waals surface area contributed by atoms with Crippen LogP contribution in [0.3, 0.4) is 0 Å². The van der Waals surface area contributed by atoms with Crippen LogP contribution in [-0.4, -0.2) is 54.3 Å². The summed E-state index contributed by atoms with van der Waals surface area (Å²) in [4.78, 5) is 16.8. The minimum atomic E-state index is 0.196. The number of nitrogens with one attached hydrogen (secondary N) is 1. The highest BCUT2D eigenvalue weighted by Gasteiger charge is 2.22. The number of aromatic amines is 1. The van der Waals surface area contributed by atoms with Gasteiger partial charge in [-0.2, -0.15) is 5.10 Å².